The van der Waals surface area contributed by atoms with E-state index in [4.69, 9.17) is 9.84 Å². The summed E-state index contributed by atoms with van der Waals surface area (Å²) in [4.78, 5) is 24.2. The van der Waals surface area contributed by atoms with Crippen molar-refractivity contribution in [1.29, 1.82) is 0 Å². The first-order valence-corrected chi connectivity index (χ1v) is 5.27. The number of carbonyl (C=O) groups excluding carboxylic acids is 2. The van der Waals surface area contributed by atoms with Gasteiger partial charge in [-0.3, -0.25) is 14.5 Å². The van der Waals surface area contributed by atoms with Gasteiger partial charge in [0.05, 0.1) is 26.4 Å². The number of carbonyl (C=O) groups is 2. The maximum atomic E-state index is 11.5. The van der Waals surface area contributed by atoms with Crippen LogP contribution in [0.15, 0.2) is 0 Å². The first-order chi connectivity index (χ1) is 7.25. The Labute approximate surface area is 89.0 Å². The smallest absolute Gasteiger partial charge is 0.229 e. The lowest BCUT2D eigenvalue weighted by Gasteiger charge is -2.18. The van der Waals surface area contributed by atoms with Gasteiger partial charge < -0.3 is 9.84 Å². The molecule has 86 valence electrons. The van der Waals surface area contributed by atoms with E-state index in [1.54, 1.807) is 0 Å². The van der Waals surface area contributed by atoms with Crippen LogP contribution >= 0.6 is 0 Å². The van der Waals surface area contributed by atoms with Gasteiger partial charge in [-0.05, 0) is 12.8 Å². The molecule has 2 amide bonds. The molecule has 0 saturated carbocycles. The fourth-order valence-corrected chi connectivity index (χ4v) is 1.53. The molecule has 1 aliphatic heterocycles. The van der Waals surface area contributed by atoms with Crippen molar-refractivity contribution in [2.45, 2.75) is 25.7 Å². The second-order valence-corrected chi connectivity index (χ2v) is 3.48. The molecule has 1 fully saturated rings. The number of rotatable bonds is 5. The van der Waals surface area contributed by atoms with Crippen molar-refractivity contribution in [1.82, 2.24) is 4.90 Å². The van der Waals surface area contributed by atoms with Gasteiger partial charge in [0.25, 0.3) is 0 Å². The molecule has 5 nitrogen and oxygen atoms in total. The minimum atomic E-state index is -0.106. The van der Waals surface area contributed by atoms with Gasteiger partial charge in [0, 0.05) is 12.8 Å². The Hall–Kier alpha value is -0.940. The van der Waals surface area contributed by atoms with Crippen LogP contribution in [0.25, 0.3) is 0 Å². The van der Waals surface area contributed by atoms with Gasteiger partial charge in [0.1, 0.15) is 0 Å². The normalized spacial score (nSPS) is 18.1. The summed E-state index contributed by atoms with van der Waals surface area (Å²) < 4.78 is 5.03. The van der Waals surface area contributed by atoms with Crippen LogP contribution in [0.3, 0.4) is 0 Å². The van der Waals surface area contributed by atoms with Crippen molar-refractivity contribution in [2.24, 2.45) is 0 Å². The summed E-state index contributed by atoms with van der Waals surface area (Å²) in [6.07, 6.45) is 2.48. The highest BCUT2D eigenvalue weighted by molar-refractivity contribution is 5.95. The predicted octanol–water partition coefficient (Wildman–Crippen LogP) is -0.0755. The molecule has 0 bridgehead atoms. The molecular weight excluding hydrogens is 198 g/mol. The number of likely N-dealkylation sites (tertiary alicyclic amines) is 1. The summed E-state index contributed by atoms with van der Waals surface area (Å²) in [5.74, 6) is -0.213. The highest BCUT2D eigenvalue weighted by Gasteiger charge is 2.23. The quantitative estimate of drug-likeness (QED) is 0.514. The number of nitrogens with zero attached hydrogens (tertiary/aromatic N) is 1. The molecule has 0 radical (unpaired) electrons. The molecule has 0 atom stereocenters. The predicted molar refractivity (Wildman–Crippen MR) is 53.1 cm³/mol. The van der Waals surface area contributed by atoms with Gasteiger partial charge in [-0.1, -0.05) is 0 Å². The minimum absolute atomic E-state index is 0.0398. The van der Waals surface area contributed by atoms with E-state index < -0.39 is 0 Å². The van der Waals surface area contributed by atoms with Crippen LogP contribution in [-0.4, -0.2) is 48.2 Å². The van der Waals surface area contributed by atoms with Gasteiger partial charge in [-0.15, -0.1) is 0 Å². The zero-order valence-electron chi connectivity index (χ0n) is 8.78. The summed E-state index contributed by atoms with van der Waals surface area (Å²) >= 11 is 0. The number of aliphatic hydroxyl groups excluding tert-OH is 1. The van der Waals surface area contributed by atoms with Gasteiger partial charge in [-0.2, -0.15) is 0 Å². The van der Waals surface area contributed by atoms with E-state index in [2.05, 4.69) is 0 Å². The topological polar surface area (TPSA) is 66.8 Å². The third kappa shape index (κ3) is 3.97. The summed E-state index contributed by atoms with van der Waals surface area (Å²) in [5, 5.41) is 8.48. The Kier molecular flexibility index (Phi) is 5.28. The van der Waals surface area contributed by atoms with Crippen LogP contribution in [0, 0.1) is 0 Å². The van der Waals surface area contributed by atoms with Crippen LogP contribution in [0.2, 0.25) is 0 Å². The molecule has 0 aromatic rings. The Bertz CT molecular complexity index is 211. The van der Waals surface area contributed by atoms with Gasteiger partial charge in [0.2, 0.25) is 11.8 Å². The van der Waals surface area contributed by atoms with E-state index in [-0.39, 0.29) is 25.0 Å². The maximum absolute atomic E-state index is 11.5. The third-order valence-electron chi connectivity index (χ3n) is 2.33. The van der Waals surface area contributed by atoms with Crippen molar-refractivity contribution < 1.29 is 19.4 Å². The largest absolute Gasteiger partial charge is 0.394 e. The number of amides is 2. The van der Waals surface area contributed by atoms with Crippen LogP contribution in [0.1, 0.15) is 25.7 Å². The molecule has 0 aliphatic carbocycles. The molecule has 0 unspecified atom stereocenters. The average molecular weight is 215 g/mol. The van der Waals surface area contributed by atoms with E-state index in [1.807, 2.05) is 0 Å². The first-order valence-electron chi connectivity index (χ1n) is 5.27. The van der Waals surface area contributed by atoms with E-state index in [0.29, 0.717) is 26.0 Å². The molecule has 0 aromatic carbocycles. The highest BCUT2D eigenvalue weighted by Crippen LogP contribution is 2.11. The van der Waals surface area contributed by atoms with E-state index >= 15 is 0 Å². The lowest BCUT2D eigenvalue weighted by Crippen LogP contribution is -2.37. The molecular formula is C10H17NO4. The number of ether oxygens (including phenoxy) is 1. The van der Waals surface area contributed by atoms with Crippen molar-refractivity contribution in [2.75, 3.05) is 26.4 Å². The van der Waals surface area contributed by atoms with Crippen LogP contribution in [0.4, 0.5) is 0 Å². The van der Waals surface area contributed by atoms with Crippen molar-refractivity contribution in [3.05, 3.63) is 0 Å². The highest BCUT2D eigenvalue weighted by atomic mass is 16.5. The molecule has 1 rings (SSSR count). The van der Waals surface area contributed by atoms with Gasteiger partial charge >= 0.3 is 0 Å². The molecule has 0 spiro atoms. The molecule has 1 aliphatic rings. The Morgan fingerprint density at radius 2 is 1.73 bits per heavy atom. The lowest BCUT2D eigenvalue weighted by atomic mass is 10.2. The summed E-state index contributed by atoms with van der Waals surface area (Å²) in [6.45, 7) is 0.813. The Morgan fingerprint density at radius 1 is 1.13 bits per heavy atom. The second kappa shape index (κ2) is 6.53. The van der Waals surface area contributed by atoms with Crippen LogP contribution in [0.5, 0.6) is 0 Å². The van der Waals surface area contributed by atoms with E-state index in [1.165, 1.54) is 4.90 Å². The standard InChI is InChI=1S/C10H17NO4/c12-6-8-15-7-5-11-9(13)3-1-2-4-10(11)14/h12H,1-8H2. The monoisotopic (exact) mass is 215 g/mol. The fourth-order valence-electron chi connectivity index (χ4n) is 1.53. The number of imide groups is 1. The molecule has 1 saturated heterocycles. The maximum Gasteiger partial charge on any atom is 0.229 e. The van der Waals surface area contributed by atoms with Crippen molar-refractivity contribution in [3.8, 4) is 0 Å². The molecule has 5 heteroatoms. The van der Waals surface area contributed by atoms with Gasteiger partial charge in [-0.25, -0.2) is 0 Å². The Balaban J connectivity index is 2.35. The SMILES string of the molecule is O=C1CCCCC(=O)N1CCOCCO. The lowest BCUT2D eigenvalue weighted by molar-refractivity contribution is -0.144. The van der Waals surface area contributed by atoms with Crippen LogP contribution in [-0.2, 0) is 14.3 Å². The fraction of sp³-hybridized carbons (Fsp3) is 0.800. The summed E-state index contributed by atoms with van der Waals surface area (Å²) in [7, 11) is 0. The molecule has 0 aromatic heterocycles. The summed E-state index contributed by atoms with van der Waals surface area (Å²) in [6, 6.07) is 0. The third-order valence-corrected chi connectivity index (χ3v) is 2.33. The number of aliphatic hydroxyl groups is 1. The second-order valence-electron chi connectivity index (χ2n) is 3.48. The van der Waals surface area contributed by atoms with Crippen LogP contribution < -0.4 is 0 Å². The number of hydrogen-bond acceptors (Lipinski definition) is 4. The average Bonchev–Trinajstić information content (AvgIpc) is 2.37. The van der Waals surface area contributed by atoms with E-state index in [0.717, 1.165) is 12.8 Å². The van der Waals surface area contributed by atoms with Gasteiger partial charge in [0.15, 0.2) is 0 Å². The molecule has 1 N–H and O–H groups in total. The molecule has 15 heavy (non-hydrogen) atoms. The molecule has 1 heterocycles. The Morgan fingerprint density at radius 3 is 2.27 bits per heavy atom. The minimum Gasteiger partial charge on any atom is -0.394 e. The van der Waals surface area contributed by atoms with Crippen molar-refractivity contribution >= 4 is 11.8 Å². The summed E-state index contributed by atoms with van der Waals surface area (Å²) in [5.41, 5.74) is 0. The first kappa shape index (κ1) is 12.1. The zero-order chi connectivity index (χ0) is 11.1. The van der Waals surface area contributed by atoms with E-state index in [9.17, 15) is 9.59 Å². The van der Waals surface area contributed by atoms with Crippen molar-refractivity contribution in [3.63, 3.8) is 0 Å². The zero-order valence-corrected chi connectivity index (χ0v) is 8.78. The number of hydrogen-bond donors (Lipinski definition) is 1.